The number of hydrogen-bond acceptors (Lipinski definition) is 3. The van der Waals surface area contributed by atoms with E-state index in [-0.39, 0.29) is 0 Å². The van der Waals surface area contributed by atoms with Crippen molar-refractivity contribution in [3.63, 3.8) is 0 Å². The van der Waals surface area contributed by atoms with Gasteiger partial charge in [0.15, 0.2) is 0 Å². The minimum Gasteiger partial charge on any atom is -0.315 e. The van der Waals surface area contributed by atoms with Crippen LogP contribution in [0.25, 0.3) is 0 Å². The number of hydrogen-bond donors (Lipinski definition) is 1. The van der Waals surface area contributed by atoms with Crippen molar-refractivity contribution in [3.05, 3.63) is 0 Å². The molecular formula is C11H26N2S. The molecule has 14 heavy (non-hydrogen) atoms. The fraction of sp³-hybridized carbons (Fsp3) is 1.00. The van der Waals surface area contributed by atoms with Gasteiger partial charge in [-0.2, -0.15) is 11.8 Å². The summed E-state index contributed by atoms with van der Waals surface area (Å²) in [6.07, 6.45) is 2.15. The molecule has 0 aliphatic carbocycles. The van der Waals surface area contributed by atoms with Gasteiger partial charge in [0.1, 0.15) is 0 Å². The maximum Gasteiger partial charge on any atom is 0.0112 e. The Labute approximate surface area is 93.8 Å². The van der Waals surface area contributed by atoms with E-state index in [1.807, 2.05) is 11.8 Å². The van der Waals surface area contributed by atoms with Gasteiger partial charge in [0, 0.05) is 37.5 Å². The molecule has 0 aromatic heterocycles. The highest BCUT2D eigenvalue weighted by Crippen LogP contribution is 2.03. The van der Waals surface area contributed by atoms with Gasteiger partial charge in [-0.25, -0.2) is 0 Å². The van der Waals surface area contributed by atoms with E-state index in [1.165, 1.54) is 5.75 Å². The molecule has 3 heteroatoms. The summed E-state index contributed by atoms with van der Waals surface area (Å²) >= 11 is 1.90. The van der Waals surface area contributed by atoms with Crippen LogP contribution < -0.4 is 5.32 Å². The third kappa shape index (κ3) is 6.68. The highest BCUT2D eigenvalue weighted by Gasteiger charge is 2.11. The Bertz CT molecular complexity index is 118. The van der Waals surface area contributed by atoms with Crippen LogP contribution in [0, 0.1) is 0 Å². The Morgan fingerprint density at radius 3 is 2.07 bits per heavy atom. The zero-order chi connectivity index (χ0) is 11.0. The zero-order valence-corrected chi connectivity index (χ0v) is 11.2. The second-order valence-electron chi connectivity index (χ2n) is 4.17. The third-order valence-electron chi connectivity index (χ3n) is 2.36. The summed E-state index contributed by atoms with van der Waals surface area (Å²) in [5.74, 6) is 1.21. The summed E-state index contributed by atoms with van der Waals surface area (Å²) in [4.78, 5) is 2.52. The van der Waals surface area contributed by atoms with E-state index in [1.54, 1.807) is 0 Å². The largest absolute Gasteiger partial charge is 0.315 e. The Balaban J connectivity index is 3.52. The smallest absolute Gasteiger partial charge is 0.0112 e. The standard InChI is InChI=1S/C11H26N2S/c1-10(2)13(11(3)4)8-6-12-7-9-14-5/h10-12H,6-9H2,1-5H3. The number of rotatable bonds is 8. The van der Waals surface area contributed by atoms with Gasteiger partial charge in [0.05, 0.1) is 0 Å². The topological polar surface area (TPSA) is 15.3 Å². The first kappa shape index (κ1) is 14.3. The molecule has 0 unspecified atom stereocenters. The summed E-state index contributed by atoms with van der Waals surface area (Å²) in [5.41, 5.74) is 0. The van der Waals surface area contributed by atoms with Crippen molar-refractivity contribution in [2.45, 2.75) is 39.8 Å². The molecule has 0 bridgehead atoms. The van der Waals surface area contributed by atoms with E-state index in [2.05, 4.69) is 44.2 Å². The van der Waals surface area contributed by atoms with E-state index in [4.69, 9.17) is 0 Å². The number of nitrogens with one attached hydrogen (secondary N) is 1. The van der Waals surface area contributed by atoms with Crippen molar-refractivity contribution in [2.75, 3.05) is 31.6 Å². The summed E-state index contributed by atoms with van der Waals surface area (Å²) in [7, 11) is 0. The van der Waals surface area contributed by atoms with Gasteiger partial charge >= 0.3 is 0 Å². The molecule has 0 spiro atoms. The van der Waals surface area contributed by atoms with Crippen molar-refractivity contribution >= 4 is 11.8 Å². The highest BCUT2D eigenvalue weighted by molar-refractivity contribution is 7.98. The van der Waals surface area contributed by atoms with Crippen LogP contribution in [0.5, 0.6) is 0 Å². The fourth-order valence-corrected chi connectivity index (χ4v) is 1.97. The van der Waals surface area contributed by atoms with Gasteiger partial charge in [-0.05, 0) is 34.0 Å². The molecule has 0 radical (unpaired) electrons. The van der Waals surface area contributed by atoms with Gasteiger partial charge in [-0.3, -0.25) is 4.90 Å². The van der Waals surface area contributed by atoms with Crippen LogP contribution >= 0.6 is 11.8 Å². The molecule has 1 N–H and O–H groups in total. The first-order chi connectivity index (χ1) is 6.59. The second-order valence-corrected chi connectivity index (χ2v) is 5.15. The number of nitrogens with zero attached hydrogens (tertiary/aromatic N) is 1. The summed E-state index contributed by atoms with van der Waals surface area (Å²) in [5, 5.41) is 3.46. The zero-order valence-electron chi connectivity index (χ0n) is 10.3. The first-order valence-corrected chi connectivity index (χ1v) is 6.94. The van der Waals surface area contributed by atoms with Crippen LogP contribution in [0.15, 0.2) is 0 Å². The summed E-state index contributed by atoms with van der Waals surface area (Å²) < 4.78 is 0. The quantitative estimate of drug-likeness (QED) is 0.628. The van der Waals surface area contributed by atoms with Gasteiger partial charge in [0.2, 0.25) is 0 Å². The Kier molecular flexibility index (Phi) is 8.73. The molecule has 0 saturated carbocycles. The molecule has 0 saturated heterocycles. The lowest BCUT2D eigenvalue weighted by molar-refractivity contribution is 0.176. The predicted octanol–water partition coefficient (Wildman–Crippen LogP) is 2.06. The lowest BCUT2D eigenvalue weighted by Gasteiger charge is -2.30. The predicted molar refractivity (Wildman–Crippen MR) is 68.2 cm³/mol. The summed E-state index contributed by atoms with van der Waals surface area (Å²) in [6, 6.07) is 1.30. The molecule has 0 amide bonds. The Hall–Kier alpha value is 0.270. The molecule has 0 aromatic rings. The Morgan fingerprint density at radius 2 is 1.64 bits per heavy atom. The third-order valence-corrected chi connectivity index (χ3v) is 2.97. The monoisotopic (exact) mass is 218 g/mol. The molecule has 0 atom stereocenters. The van der Waals surface area contributed by atoms with Crippen LogP contribution in [-0.2, 0) is 0 Å². The van der Waals surface area contributed by atoms with E-state index in [0.29, 0.717) is 12.1 Å². The van der Waals surface area contributed by atoms with Crippen molar-refractivity contribution in [3.8, 4) is 0 Å². The molecule has 2 nitrogen and oxygen atoms in total. The molecular weight excluding hydrogens is 192 g/mol. The van der Waals surface area contributed by atoms with Crippen molar-refractivity contribution < 1.29 is 0 Å². The molecule has 0 aliphatic heterocycles. The van der Waals surface area contributed by atoms with Gasteiger partial charge < -0.3 is 5.32 Å². The van der Waals surface area contributed by atoms with E-state index in [9.17, 15) is 0 Å². The second kappa shape index (κ2) is 8.57. The van der Waals surface area contributed by atoms with Crippen LogP contribution in [0.4, 0.5) is 0 Å². The normalized spacial score (nSPS) is 12.0. The maximum absolute atomic E-state index is 3.46. The van der Waals surface area contributed by atoms with E-state index >= 15 is 0 Å². The van der Waals surface area contributed by atoms with Gasteiger partial charge in [-0.1, -0.05) is 0 Å². The van der Waals surface area contributed by atoms with Crippen LogP contribution in [-0.4, -0.2) is 48.6 Å². The molecule has 0 aromatic carbocycles. The molecule has 0 heterocycles. The average Bonchev–Trinajstić information content (AvgIpc) is 2.09. The highest BCUT2D eigenvalue weighted by atomic mass is 32.2. The van der Waals surface area contributed by atoms with Gasteiger partial charge in [-0.15, -0.1) is 0 Å². The maximum atomic E-state index is 3.46. The molecule has 0 fully saturated rings. The van der Waals surface area contributed by atoms with Crippen molar-refractivity contribution in [1.29, 1.82) is 0 Å². The van der Waals surface area contributed by atoms with Crippen LogP contribution in [0.1, 0.15) is 27.7 Å². The number of thioether (sulfide) groups is 1. The van der Waals surface area contributed by atoms with Crippen molar-refractivity contribution in [1.82, 2.24) is 10.2 Å². The molecule has 0 rings (SSSR count). The van der Waals surface area contributed by atoms with Crippen molar-refractivity contribution in [2.24, 2.45) is 0 Å². The summed E-state index contributed by atoms with van der Waals surface area (Å²) in [6.45, 7) is 12.5. The van der Waals surface area contributed by atoms with E-state index < -0.39 is 0 Å². The minimum atomic E-state index is 0.650. The lowest BCUT2D eigenvalue weighted by Crippen LogP contribution is -2.41. The fourth-order valence-electron chi connectivity index (χ4n) is 1.62. The van der Waals surface area contributed by atoms with Crippen LogP contribution in [0.3, 0.4) is 0 Å². The minimum absolute atomic E-state index is 0.650. The van der Waals surface area contributed by atoms with Crippen LogP contribution in [0.2, 0.25) is 0 Å². The molecule has 86 valence electrons. The Morgan fingerprint density at radius 1 is 1.07 bits per heavy atom. The SMILES string of the molecule is CSCCNCCN(C(C)C)C(C)C. The van der Waals surface area contributed by atoms with E-state index in [0.717, 1.165) is 19.6 Å². The average molecular weight is 218 g/mol. The molecule has 0 aliphatic rings. The lowest BCUT2D eigenvalue weighted by atomic mass is 10.2. The van der Waals surface area contributed by atoms with Gasteiger partial charge in [0.25, 0.3) is 0 Å². The first-order valence-electron chi connectivity index (χ1n) is 5.55.